The van der Waals surface area contributed by atoms with Crippen LogP contribution in [0.3, 0.4) is 0 Å². The highest BCUT2D eigenvalue weighted by atomic mass is 32.1. The van der Waals surface area contributed by atoms with Crippen LogP contribution in [0.15, 0.2) is 54.6 Å². The lowest BCUT2D eigenvalue weighted by atomic mass is 10.0. The number of nitrogens with zero attached hydrogens (tertiary/aromatic N) is 3. The standard InChI is InChI=1S/C26H26N4O3S/c1-3-7-22(31)29(2)19-14-16-30(17-15-19)26-28-23(24(34-26)25(27)32)18-10-12-21(13-11-18)33-20-8-5-4-6-9-20/h4-6,8-13,19H,14-17H2,1-2H3,(H2,27,32). The first-order valence-electron chi connectivity index (χ1n) is 11.0. The average molecular weight is 475 g/mol. The summed E-state index contributed by atoms with van der Waals surface area (Å²) in [4.78, 5) is 33.3. The van der Waals surface area contributed by atoms with Gasteiger partial charge >= 0.3 is 0 Å². The van der Waals surface area contributed by atoms with Gasteiger partial charge in [-0.25, -0.2) is 4.98 Å². The summed E-state index contributed by atoms with van der Waals surface area (Å²) in [6.07, 6.45) is 1.61. The number of hydrogen-bond donors (Lipinski definition) is 1. The number of benzene rings is 2. The number of amides is 2. The van der Waals surface area contributed by atoms with Gasteiger partial charge in [0.2, 0.25) is 0 Å². The summed E-state index contributed by atoms with van der Waals surface area (Å²) in [6.45, 7) is 3.13. The first-order chi connectivity index (χ1) is 16.5. The summed E-state index contributed by atoms with van der Waals surface area (Å²) >= 11 is 1.31. The van der Waals surface area contributed by atoms with Crippen molar-refractivity contribution in [1.82, 2.24) is 9.88 Å². The molecule has 2 aromatic carbocycles. The Labute approximate surface area is 203 Å². The quantitative estimate of drug-likeness (QED) is 0.542. The molecule has 1 aromatic heterocycles. The summed E-state index contributed by atoms with van der Waals surface area (Å²) in [5, 5.41) is 0.759. The SMILES string of the molecule is CC#CC(=O)N(C)C1CCN(c2nc(-c3ccc(Oc4ccccc4)cc3)c(C(N)=O)s2)CC1. The smallest absolute Gasteiger partial charge is 0.298 e. The zero-order valence-corrected chi connectivity index (χ0v) is 20.0. The number of carbonyl (C=O) groups excluding carboxylic acids is 2. The largest absolute Gasteiger partial charge is 0.457 e. The van der Waals surface area contributed by atoms with E-state index in [4.69, 9.17) is 15.5 Å². The third-order valence-corrected chi connectivity index (χ3v) is 6.91. The predicted octanol–water partition coefficient (Wildman–Crippen LogP) is 4.15. The Bertz CT molecular complexity index is 1220. The number of hydrogen-bond acceptors (Lipinski definition) is 6. The minimum atomic E-state index is -0.498. The number of primary amides is 1. The summed E-state index contributed by atoms with van der Waals surface area (Å²) in [5.41, 5.74) is 7.06. The molecule has 1 fully saturated rings. The fraction of sp³-hybridized carbons (Fsp3) is 0.269. The van der Waals surface area contributed by atoms with E-state index in [0.717, 1.165) is 42.4 Å². The van der Waals surface area contributed by atoms with E-state index in [1.54, 1.807) is 18.9 Å². The van der Waals surface area contributed by atoms with Crippen LogP contribution in [0.25, 0.3) is 11.3 Å². The molecule has 1 aliphatic heterocycles. The molecule has 0 radical (unpaired) electrons. The second kappa shape index (κ2) is 10.4. The lowest BCUT2D eigenvalue weighted by Crippen LogP contribution is -2.45. The molecule has 0 unspecified atom stereocenters. The van der Waals surface area contributed by atoms with E-state index in [1.807, 2.05) is 54.6 Å². The van der Waals surface area contributed by atoms with E-state index in [9.17, 15) is 9.59 Å². The Hall–Kier alpha value is -3.83. The van der Waals surface area contributed by atoms with Crippen LogP contribution in [0.2, 0.25) is 0 Å². The fourth-order valence-corrected chi connectivity index (χ4v) is 4.91. The molecule has 8 heteroatoms. The number of rotatable bonds is 6. The Morgan fingerprint density at radius 2 is 1.74 bits per heavy atom. The number of aromatic nitrogens is 1. The van der Waals surface area contributed by atoms with Gasteiger partial charge in [-0.1, -0.05) is 35.5 Å². The van der Waals surface area contributed by atoms with Gasteiger partial charge in [-0.3, -0.25) is 9.59 Å². The third-order valence-electron chi connectivity index (χ3n) is 5.78. The van der Waals surface area contributed by atoms with Gasteiger partial charge in [0.15, 0.2) is 5.13 Å². The molecule has 0 atom stereocenters. The first kappa shape index (κ1) is 23.3. The fourth-order valence-electron chi connectivity index (χ4n) is 3.92. The number of thiazole rings is 1. The van der Waals surface area contributed by atoms with Crippen LogP contribution in [0.1, 0.15) is 29.4 Å². The van der Waals surface area contributed by atoms with Crippen LogP contribution in [0, 0.1) is 11.8 Å². The zero-order chi connectivity index (χ0) is 24.1. The molecule has 0 bridgehead atoms. The molecule has 34 heavy (non-hydrogen) atoms. The topological polar surface area (TPSA) is 88.8 Å². The molecule has 0 aliphatic carbocycles. The van der Waals surface area contributed by atoms with Crippen LogP contribution >= 0.6 is 11.3 Å². The van der Waals surface area contributed by atoms with E-state index in [-0.39, 0.29) is 11.9 Å². The van der Waals surface area contributed by atoms with Crippen molar-refractivity contribution in [2.75, 3.05) is 25.0 Å². The number of para-hydroxylation sites is 1. The highest BCUT2D eigenvalue weighted by molar-refractivity contribution is 7.18. The van der Waals surface area contributed by atoms with E-state index >= 15 is 0 Å². The van der Waals surface area contributed by atoms with E-state index in [2.05, 4.69) is 16.7 Å². The maximum absolute atomic E-state index is 12.2. The van der Waals surface area contributed by atoms with Crippen molar-refractivity contribution in [1.29, 1.82) is 0 Å². The Balaban J connectivity index is 1.48. The van der Waals surface area contributed by atoms with Crippen LogP contribution < -0.4 is 15.4 Å². The number of nitrogens with two attached hydrogens (primary N) is 1. The average Bonchev–Trinajstić information content (AvgIpc) is 3.31. The first-order valence-corrected chi connectivity index (χ1v) is 11.9. The molecule has 7 nitrogen and oxygen atoms in total. The number of anilines is 1. The molecule has 1 aliphatic rings. The Kier molecular flexibility index (Phi) is 7.14. The summed E-state index contributed by atoms with van der Waals surface area (Å²) in [6, 6.07) is 17.1. The van der Waals surface area contributed by atoms with E-state index < -0.39 is 5.91 Å². The highest BCUT2D eigenvalue weighted by Gasteiger charge is 2.28. The molecule has 3 aromatic rings. The van der Waals surface area contributed by atoms with Gasteiger partial charge in [0.1, 0.15) is 16.4 Å². The molecular weight excluding hydrogens is 448 g/mol. The predicted molar refractivity (Wildman–Crippen MR) is 134 cm³/mol. The van der Waals surface area contributed by atoms with Gasteiger partial charge in [0.05, 0.1) is 5.69 Å². The van der Waals surface area contributed by atoms with Gasteiger partial charge in [-0.2, -0.15) is 0 Å². The third kappa shape index (κ3) is 5.21. The second-order valence-corrected chi connectivity index (χ2v) is 8.96. The number of piperidine rings is 1. The molecule has 174 valence electrons. The molecule has 0 saturated carbocycles. The van der Waals surface area contributed by atoms with Crippen molar-refractivity contribution in [3.63, 3.8) is 0 Å². The monoisotopic (exact) mass is 474 g/mol. The minimum Gasteiger partial charge on any atom is -0.457 e. The summed E-state index contributed by atoms with van der Waals surface area (Å²) in [7, 11) is 1.80. The van der Waals surface area contributed by atoms with Crippen molar-refractivity contribution in [3.8, 4) is 34.6 Å². The van der Waals surface area contributed by atoms with Crippen molar-refractivity contribution >= 4 is 28.3 Å². The lowest BCUT2D eigenvalue weighted by Gasteiger charge is -2.35. The normalized spacial score (nSPS) is 13.6. The zero-order valence-electron chi connectivity index (χ0n) is 19.2. The van der Waals surface area contributed by atoms with Gasteiger partial charge in [0.25, 0.3) is 11.8 Å². The van der Waals surface area contributed by atoms with Crippen molar-refractivity contribution in [2.45, 2.75) is 25.8 Å². The van der Waals surface area contributed by atoms with Crippen LogP contribution in [-0.2, 0) is 4.79 Å². The van der Waals surface area contributed by atoms with Crippen LogP contribution in [-0.4, -0.2) is 47.9 Å². The molecule has 0 spiro atoms. The van der Waals surface area contributed by atoms with Crippen molar-refractivity contribution in [3.05, 3.63) is 59.5 Å². The summed E-state index contributed by atoms with van der Waals surface area (Å²) in [5.74, 6) is 6.05. The number of carbonyl (C=O) groups is 2. The Morgan fingerprint density at radius 3 is 2.35 bits per heavy atom. The van der Waals surface area contributed by atoms with Crippen molar-refractivity contribution in [2.24, 2.45) is 5.73 Å². The maximum atomic E-state index is 12.2. The molecule has 2 heterocycles. The molecule has 1 saturated heterocycles. The maximum Gasteiger partial charge on any atom is 0.298 e. The lowest BCUT2D eigenvalue weighted by molar-refractivity contribution is -0.126. The van der Waals surface area contributed by atoms with E-state index in [0.29, 0.717) is 16.3 Å². The second-order valence-electron chi connectivity index (χ2n) is 7.99. The van der Waals surface area contributed by atoms with Gasteiger partial charge < -0.3 is 20.3 Å². The van der Waals surface area contributed by atoms with E-state index in [1.165, 1.54) is 11.3 Å². The molecule has 4 rings (SSSR count). The summed E-state index contributed by atoms with van der Waals surface area (Å²) < 4.78 is 5.85. The van der Waals surface area contributed by atoms with Crippen LogP contribution in [0.5, 0.6) is 11.5 Å². The highest BCUT2D eigenvalue weighted by Crippen LogP contribution is 2.35. The molecule has 2 N–H and O–H groups in total. The molecule has 2 amide bonds. The number of ether oxygens (including phenoxy) is 1. The van der Waals surface area contributed by atoms with Crippen molar-refractivity contribution < 1.29 is 14.3 Å². The minimum absolute atomic E-state index is 0.136. The van der Waals surface area contributed by atoms with Crippen LogP contribution in [0.4, 0.5) is 5.13 Å². The van der Waals surface area contributed by atoms with Gasteiger partial charge in [-0.15, -0.1) is 0 Å². The van der Waals surface area contributed by atoms with Gasteiger partial charge in [0, 0.05) is 31.7 Å². The Morgan fingerprint density at radius 1 is 1.09 bits per heavy atom. The van der Waals surface area contributed by atoms with Gasteiger partial charge in [-0.05, 0) is 62.1 Å². The molecular formula is C26H26N4O3S.